The molecule has 104 valence electrons. The summed E-state index contributed by atoms with van der Waals surface area (Å²) in [6.07, 6.45) is 0. The lowest BCUT2D eigenvalue weighted by atomic mass is 10.1. The van der Waals surface area contributed by atoms with Gasteiger partial charge in [-0.1, -0.05) is 42.5 Å². The summed E-state index contributed by atoms with van der Waals surface area (Å²) >= 11 is 0. The van der Waals surface area contributed by atoms with Gasteiger partial charge in [0, 0.05) is 23.7 Å². The number of anilines is 1. The van der Waals surface area contributed by atoms with Gasteiger partial charge in [0.25, 0.3) is 0 Å². The molecule has 1 amide bonds. The maximum atomic E-state index is 11.1. The van der Waals surface area contributed by atoms with E-state index >= 15 is 0 Å². The van der Waals surface area contributed by atoms with Crippen molar-refractivity contribution in [2.45, 2.75) is 6.92 Å². The Morgan fingerprint density at radius 2 is 1.52 bits per heavy atom. The van der Waals surface area contributed by atoms with E-state index in [0.29, 0.717) is 0 Å². The molecule has 0 atom stereocenters. The minimum atomic E-state index is -0.0865. The van der Waals surface area contributed by atoms with Crippen LogP contribution in [0.1, 0.15) is 6.92 Å². The Morgan fingerprint density at radius 3 is 2.24 bits per heavy atom. The second-order valence-electron chi connectivity index (χ2n) is 4.79. The summed E-state index contributed by atoms with van der Waals surface area (Å²) < 4.78 is 5.90. The molecule has 1 N–H and O–H groups in total. The van der Waals surface area contributed by atoms with Gasteiger partial charge in [-0.05, 0) is 24.3 Å². The molecule has 1 aromatic heterocycles. The van der Waals surface area contributed by atoms with E-state index in [-0.39, 0.29) is 5.91 Å². The van der Waals surface area contributed by atoms with Gasteiger partial charge in [0.1, 0.15) is 11.5 Å². The molecule has 0 saturated carbocycles. The smallest absolute Gasteiger partial charge is 0.221 e. The molecule has 0 spiro atoms. The average molecular weight is 277 g/mol. The second kappa shape index (κ2) is 5.67. The molecule has 0 aliphatic heterocycles. The van der Waals surface area contributed by atoms with Crippen LogP contribution in [-0.4, -0.2) is 5.91 Å². The van der Waals surface area contributed by atoms with Gasteiger partial charge in [-0.25, -0.2) is 0 Å². The minimum Gasteiger partial charge on any atom is -0.456 e. The zero-order valence-electron chi connectivity index (χ0n) is 11.7. The molecular weight excluding hydrogens is 262 g/mol. The predicted octanol–water partition coefficient (Wildman–Crippen LogP) is 4.57. The van der Waals surface area contributed by atoms with Crippen LogP contribution in [0.25, 0.3) is 22.6 Å². The fourth-order valence-electron chi connectivity index (χ4n) is 2.20. The van der Waals surface area contributed by atoms with Crippen molar-refractivity contribution < 1.29 is 9.21 Å². The van der Waals surface area contributed by atoms with Crippen LogP contribution in [0.15, 0.2) is 71.1 Å². The summed E-state index contributed by atoms with van der Waals surface area (Å²) in [7, 11) is 0. The molecule has 0 fully saturated rings. The highest BCUT2D eigenvalue weighted by atomic mass is 16.3. The molecular formula is C18H15NO2. The Labute approximate surface area is 123 Å². The predicted molar refractivity (Wildman–Crippen MR) is 83.9 cm³/mol. The number of hydrogen-bond donors (Lipinski definition) is 1. The molecule has 0 unspecified atom stereocenters. The lowest BCUT2D eigenvalue weighted by Crippen LogP contribution is -2.05. The third kappa shape index (κ3) is 3.03. The first-order chi connectivity index (χ1) is 10.2. The first-order valence-electron chi connectivity index (χ1n) is 6.76. The van der Waals surface area contributed by atoms with Gasteiger partial charge in [-0.15, -0.1) is 0 Å². The quantitative estimate of drug-likeness (QED) is 0.761. The fourth-order valence-corrected chi connectivity index (χ4v) is 2.20. The van der Waals surface area contributed by atoms with Crippen molar-refractivity contribution in [2.75, 3.05) is 5.32 Å². The van der Waals surface area contributed by atoms with Gasteiger partial charge in [-0.3, -0.25) is 4.79 Å². The molecule has 3 rings (SSSR count). The number of carbonyl (C=O) groups is 1. The first kappa shape index (κ1) is 13.2. The summed E-state index contributed by atoms with van der Waals surface area (Å²) in [5, 5.41) is 2.77. The van der Waals surface area contributed by atoms with Gasteiger partial charge in [-0.2, -0.15) is 0 Å². The zero-order chi connectivity index (χ0) is 14.7. The lowest BCUT2D eigenvalue weighted by molar-refractivity contribution is -0.114. The Balaban J connectivity index is 1.91. The number of nitrogens with one attached hydrogen (secondary N) is 1. The summed E-state index contributed by atoms with van der Waals surface area (Å²) in [6.45, 7) is 1.49. The van der Waals surface area contributed by atoms with Crippen molar-refractivity contribution in [3.63, 3.8) is 0 Å². The standard InChI is InChI=1S/C18H15NO2/c1-13(20)19-16-9-5-8-15(12-16)18-11-10-17(21-18)14-6-3-2-4-7-14/h2-12H,1H3,(H,19,20). The van der Waals surface area contributed by atoms with E-state index in [1.807, 2.05) is 66.7 Å². The number of amides is 1. The molecule has 1 heterocycles. The van der Waals surface area contributed by atoms with E-state index in [2.05, 4.69) is 5.32 Å². The van der Waals surface area contributed by atoms with Crippen LogP contribution in [0.5, 0.6) is 0 Å². The van der Waals surface area contributed by atoms with E-state index in [1.165, 1.54) is 6.92 Å². The number of benzene rings is 2. The van der Waals surface area contributed by atoms with E-state index < -0.39 is 0 Å². The SMILES string of the molecule is CC(=O)Nc1cccc(-c2ccc(-c3ccccc3)o2)c1. The molecule has 0 bridgehead atoms. The minimum absolute atomic E-state index is 0.0865. The van der Waals surface area contributed by atoms with Crippen molar-refractivity contribution in [1.29, 1.82) is 0 Å². The van der Waals surface area contributed by atoms with Gasteiger partial charge >= 0.3 is 0 Å². The third-order valence-electron chi connectivity index (χ3n) is 3.13. The Bertz CT molecular complexity index is 760. The topological polar surface area (TPSA) is 42.2 Å². The van der Waals surface area contributed by atoms with Crippen molar-refractivity contribution in [2.24, 2.45) is 0 Å². The Morgan fingerprint density at radius 1 is 0.857 bits per heavy atom. The van der Waals surface area contributed by atoms with E-state index in [1.54, 1.807) is 0 Å². The highest BCUT2D eigenvalue weighted by Crippen LogP contribution is 2.29. The van der Waals surface area contributed by atoms with Crippen molar-refractivity contribution in [3.05, 3.63) is 66.7 Å². The summed E-state index contributed by atoms with van der Waals surface area (Å²) in [5.74, 6) is 1.52. The summed E-state index contributed by atoms with van der Waals surface area (Å²) in [6, 6.07) is 21.5. The summed E-state index contributed by atoms with van der Waals surface area (Å²) in [5.41, 5.74) is 2.74. The van der Waals surface area contributed by atoms with Crippen LogP contribution in [0.3, 0.4) is 0 Å². The van der Waals surface area contributed by atoms with Crippen LogP contribution < -0.4 is 5.32 Å². The number of carbonyl (C=O) groups excluding carboxylic acids is 1. The molecule has 0 radical (unpaired) electrons. The molecule has 3 aromatic rings. The maximum absolute atomic E-state index is 11.1. The van der Waals surface area contributed by atoms with Crippen molar-refractivity contribution in [1.82, 2.24) is 0 Å². The van der Waals surface area contributed by atoms with Crippen molar-refractivity contribution in [3.8, 4) is 22.6 Å². The van der Waals surface area contributed by atoms with Crippen molar-refractivity contribution >= 4 is 11.6 Å². The largest absolute Gasteiger partial charge is 0.456 e. The average Bonchev–Trinajstić information content (AvgIpc) is 2.98. The van der Waals surface area contributed by atoms with Gasteiger partial charge in [0.15, 0.2) is 0 Å². The van der Waals surface area contributed by atoms with Crippen LogP contribution in [0.4, 0.5) is 5.69 Å². The highest BCUT2D eigenvalue weighted by molar-refractivity contribution is 5.89. The molecule has 0 saturated heterocycles. The monoisotopic (exact) mass is 277 g/mol. The third-order valence-corrected chi connectivity index (χ3v) is 3.13. The maximum Gasteiger partial charge on any atom is 0.221 e. The van der Waals surface area contributed by atoms with E-state index in [9.17, 15) is 4.79 Å². The Hall–Kier alpha value is -2.81. The molecule has 0 aliphatic carbocycles. The van der Waals surface area contributed by atoms with Gasteiger partial charge in [0.2, 0.25) is 5.91 Å². The molecule has 3 heteroatoms. The normalized spacial score (nSPS) is 10.3. The molecule has 3 nitrogen and oxygen atoms in total. The summed E-state index contributed by atoms with van der Waals surface area (Å²) in [4.78, 5) is 11.1. The number of hydrogen-bond acceptors (Lipinski definition) is 2. The van der Waals surface area contributed by atoms with E-state index in [0.717, 1.165) is 28.3 Å². The number of rotatable bonds is 3. The lowest BCUT2D eigenvalue weighted by Gasteiger charge is -2.04. The fraction of sp³-hybridized carbons (Fsp3) is 0.0556. The van der Waals surface area contributed by atoms with Gasteiger partial charge < -0.3 is 9.73 Å². The van der Waals surface area contributed by atoms with Crippen LogP contribution in [0.2, 0.25) is 0 Å². The zero-order valence-corrected chi connectivity index (χ0v) is 11.7. The van der Waals surface area contributed by atoms with E-state index in [4.69, 9.17) is 4.42 Å². The molecule has 2 aromatic carbocycles. The number of furan rings is 1. The molecule has 21 heavy (non-hydrogen) atoms. The van der Waals surface area contributed by atoms with Crippen LogP contribution in [-0.2, 0) is 4.79 Å². The second-order valence-corrected chi connectivity index (χ2v) is 4.79. The van der Waals surface area contributed by atoms with Crippen LogP contribution in [0, 0.1) is 0 Å². The highest BCUT2D eigenvalue weighted by Gasteiger charge is 2.07. The first-order valence-corrected chi connectivity index (χ1v) is 6.76. The van der Waals surface area contributed by atoms with Crippen LogP contribution >= 0.6 is 0 Å². The molecule has 0 aliphatic rings. The van der Waals surface area contributed by atoms with Gasteiger partial charge in [0.05, 0.1) is 0 Å². The Kier molecular flexibility index (Phi) is 3.56.